The monoisotopic (exact) mass is 484 g/mol. The lowest BCUT2D eigenvalue weighted by atomic mass is 9.94. The van der Waals surface area contributed by atoms with Crippen molar-refractivity contribution in [2.24, 2.45) is 5.92 Å². The molecule has 4 rings (SSSR count). The number of rotatable bonds is 4. The molecule has 2 aliphatic heterocycles. The number of amides is 1. The summed E-state index contributed by atoms with van der Waals surface area (Å²) < 4.78 is 2.32. The summed E-state index contributed by atoms with van der Waals surface area (Å²) in [6.07, 6.45) is 9.57. The van der Waals surface area contributed by atoms with Crippen molar-refractivity contribution < 1.29 is 4.79 Å². The summed E-state index contributed by atoms with van der Waals surface area (Å²) in [5.74, 6) is 1.31. The summed E-state index contributed by atoms with van der Waals surface area (Å²) in [5, 5.41) is 9.76. The van der Waals surface area contributed by atoms with Gasteiger partial charge in [-0.2, -0.15) is 5.26 Å². The SMILES string of the molecule is CCn1c(N2CCCC(C)C2)c(C=C2SC(=S)N(C3CCCCC3)C2=O)c(C)c(C#N)c1=O. The Balaban J connectivity index is 1.83. The van der Waals surface area contributed by atoms with Crippen molar-refractivity contribution in [2.75, 3.05) is 18.0 Å². The van der Waals surface area contributed by atoms with Gasteiger partial charge in [0, 0.05) is 31.2 Å². The molecule has 1 unspecified atom stereocenters. The van der Waals surface area contributed by atoms with Crippen LogP contribution in [0.3, 0.4) is 0 Å². The zero-order valence-electron chi connectivity index (χ0n) is 19.7. The highest BCUT2D eigenvalue weighted by atomic mass is 32.2. The van der Waals surface area contributed by atoms with Gasteiger partial charge < -0.3 is 4.90 Å². The lowest BCUT2D eigenvalue weighted by Gasteiger charge is -2.36. The molecule has 8 heteroatoms. The number of carbonyl (C=O) groups excluding carboxylic acids is 1. The molecule has 0 aromatic carbocycles. The molecule has 1 aliphatic carbocycles. The van der Waals surface area contributed by atoms with Crippen LogP contribution in [0.15, 0.2) is 9.70 Å². The van der Waals surface area contributed by atoms with Crippen LogP contribution in [-0.4, -0.2) is 38.8 Å². The van der Waals surface area contributed by atoms with Crippen LogP contribution in [-0.2, 0) is 11.3 Å². The zero-order chi connectivity index (χ0) is 23.7. The normalized spacial score (nSPS) is 23.5. The number of hydrogen-bond donors (Lipinski definition) is 0. The second kappa shape index (κ2) is 10.0. The molecule has 3 fully saturated rings. The number of nitrogens with zero attached hydrogens (tertiary/aromatic N) is 4. The summed E-state index contributed by atoms with van der Waals surface area (Å²) in [6.45, 7) is 8.17. The summed E-state index contributed by atoms with van der Waals surface area (Å²) in [6, 6.07) is 2.29. The molecule has 1 aromatic rings. The number of thiocarbonyl (C=S) groups is 1. The molecule has 6 nitrogen and oxygen atoms in total. The topological polar surface area (TPSA) is 69.3 Å². The van der Waals surface area contributed by atoms with E-state index < -0.39 is 0 Å². The van der Waals surface area contributed by atoms with Gasteiger partial charge in [0.05, 0.1) is 4.91 Å². The van der Waals surface area contributed by atoms with Crippen molar-refractivity contribution in [3.8, 4) is 6.07 Å². The van der Waals surface area contributed by atoms with Gasteiger partial charge in [0.1, 0.15) is 21.8 Å². The molecule has 0 radical (unpaired) electrons. The fourth-order valence-electron chi connectivity index (χ4n) is 5.42. The highest BCUT2D eigenvalue weighted by Crippen LogP contribution is 2.39. The van der Waals surface area contributed by atoms with Crippen molar-refractivity contribution in [3.63, 3.8) is 0 Å². The van der Waals surface area contributed by atoms with Crippen molar-refractivity contribution in [3.05, 3.63) is 31.9 Å². The lowest BCUT2D eigenvalue weighted by molar-refractivity contribution is -0.124. The molecular formula is C25H32N4O2S2. The summed E-state index contributed by atoms with van der Waals surface area (Å²) in [7, 11) is 0. The molecule has 3 heterocycles. The van der Waals surface area contributed by atoms with Gasteiger partial charge in [-0.25, -0.2) is 0 Å². The number of nitriles is 1. The van der Waals surface area contributed by atoms with Crippen LogP contribution < -0.4 is 10.5 Å². The van der Waals surface area contributed by atoms with Gasteiger partial charge in [0.25, 0.3) is 11.5 Å². The second-order valence-electron chi connectivity index (χ2n) is 9.44. The minimum Gasteiger partial charge on any atom is -0.357 e. The van der Waals surface area contributed by atoms with Gasteiger partial charge in [-0.1, -0.05) is 50.2 Å². The number of aromatic nitrogens is 1. The van der Waals surface area contributed by atoms with Gasteiger partial charge >= 0.3 is 0 Å². The van der Waals surface area contributed by atoms with Crippen molar-refractivity contribution in [2.45, 2.75) is 78.3 Å². The number of piperidine rings is 1. The fraction of sp³-hybridized carbons (Fsp3) is 0.600. The maximum atomic E-state index is 13.4. The first-order valence-electron chi connectivity index (χ1n) is 12.1. The molecule has 33 heavy (non-hydrogen) atoms. The van der Waals surface area contributed by atoms with Crippen LogP contribution in [0.4, 0.5) is 5.82 Å². The Morgan fingerprint density at radius 1 is 1.18 bits per heavy atom. The van der Waals surface area contributed by atoms with Crippen LogP contribution in [0.5, 0.6) is 0 Å². The molecule has 2 saturated heterocycles. The maximum absolute atomic E-state index is 13.4. The van der Waals surface area contributed by atoms with Gasteiger partial charge in [-0.15, -0.1) is 0 Å². The first kappa shape index (κ1) is 24.0. The smallest absolute Gasteiger partial charge is 0.270 e. The average molecular weight is 485 g/mol. The van der Waals surface area contributed by atoms with Crippen molar-refractivity contribution in [1.82, 2.24) is 9.47 Å². The van der Waals surface area contributed by atoms with E-state index in [0.717, 1.165) is 63.0 Å². The standard InChI is InChI=1S/C25H32N4O2S2/c1-4-28-22(27-12-8-9-16(2)15-27)19(17(3)20(14-26)23(28)30)13-21-24(31)29(25(32)33-21)18-10-6-5-7-11-18/h13,16,18H,4-12,15H2,1-3H3. The van der Waals surface area contributed by atoms with Crippen LogP contribution in [0.1, 0.15) is 75.5 Å². The van der Waals surface area contributed by atoms with E-state index in [4.69, 9.17) is 12.2 Å². The third kappa shape index (κ3) is 4.50. The Bertz CT molecular complexity index is 1100. The Hall–Kier alpha value is -2.11. The van der Waals surface area contributed by atoms with E-state index in [1.165, 1.54) is 18.2 Å². The predicted octanol–water partition coefficient (Wildman–Crippen LogP) is 4.82. The average Bonchev–Trinajstić information content (AvgIpc) is 3.09. The maximum Gasteiger partial charge on any atom is 0.270 e. The minimum absolute atomic E-state index is 0.0398. The van der Waals surface area contributed by atoms with E-state index in [0.29, 0.717) is 27.3 Å². The van der Waals surface area contributed by atoms with Gasteiger partial charge in [0.15, 0.2) is 0 Å². The summed E-state index contributed by atoms with van der Waals surface area (Å²) in [4.78, 5) is 31.3. The minimum atomic E-state index is -0.252. The Labute approximate surface area is 205 Å². The highest BCUT2D eigenvalue weighted by Gasteiger charge is 2.38. The lowest BCUT2D eigenvalue weighted by Crippen LogP contribution is -2.40. The predicted molar refractivity (Wildman–Crippen MR) is 138 cm³/mol. The molecular weight excluding hydrogens is 452 g/mol. The summed E-state index contributed by atoms with van der Waals surface area (Å²) >= 11 is 6.97. The molecule has 0 spiro atoms. The Kier molecular flexibility index (Phi) is 7.30. The largest absolute Gasteiger partial charge is 0.357 e. The first-order valence-corrected chi connectivity index (χ1v) is 13.3. The molecule has 1 saturated carbocycles. The Morgan fingerprint density at radius 2 is 1.91 bits per heavy atom. The van der Waals surface area contributed by atoms with Crippen LogP contribution >= 0.6 is 24.0 Å². The van der Waals surface area contributed by atoms with Gasteiger partial charge in [-0.05, 0) is 57.1 Å². The number of carbonyl (C=O) groups is 1. The van der Waals surface area contributed by atoms with E-state index in [-0.39, 0.29) is 23.1 Å². The van der Waals surface area contributed by atoms with Crippen molar-refractivity contribution in [1.29, 1.82) is 5.26 Å². The number of thioether (sulfide) groups is 1. The molecule has 0 N–H and O–H groups in total. The molecule has 0 bridgehead atoms. The van der Waals surface area contributed by atoms with Gasteiger partial charge in [0.2, 0.25) is 0 Å². The zero-order valence-corrected chi connectivity index (χ0v) is 21.4. The van der Waals surface area contributed by atoms with E-state index in [2.05, 4.69) is 17.9 Å². The second-order valence-corrected chi connectivity index (χ2v) is 11.1. The van der Waals surface area contributed by atoms with E-state index >= 15 is 0 Å². The fourth-order valence-corrected chi connectivity index (χ4v) is 6.81. The third-order valence-electron chi connectivity index (χ3n) is 7.16. The van der Waals surface area contributed by atoms with Crippen LogP contribution in [0.2, 0.25) is 0 Å². The third-order valence-corrected chi connectivity index (χ3v) is 8.49. The molecule has 1 amide bonds. The number of pyridine rings is 1. The summed E-state index contributed by atoms with van der Waals surface area (Å²) in [5.41, 5.74) is 1.34. The van der Waals surface area contributed by atoms with Crippen molar-refractivity contribution >= 4 is 46.1 Å². The molecule has 1 atom stereocenters. The number of hydrogen-bond acceptors (Lipinski definition) is 6. The van der Waals surface area contributed by atoms with E-state index in [9.17, 15) is 14.9 Å². The quantitative estimate of drug-likeness (QED) is 0.451. The molecule has 3 aliphatic rings. The molecule has 176 valence electrons. The first-order chi connectivity index (χ1) is 15.9. The Morgan fingerprint density at radius 3 is 2.55 bits per heavy atom. The van der Waals surface area contributed by atoms with Gasteiger partial charge in [-0.3, -0.25) is 19.1 Å². The number of anilines is 1. The molecule has 1 aromatic heterocycles. The van der Waals surface area contributed by atoms with Crippen LogP contribution in [0, 0.1) is 24.2 Å². The van der Waals surface area contributed by atoms with Crippen LogP contribution in [0.25, 0.3) is 6.08 Å². The highest BCUT2D eigenvalue weighted by molar-refractivity contribution is 8.26. The van der Waals surface area contributed by atoms with E-state index in [1.807, 2.05) is 24.8 Å². The van der Waals surface area contributed by atoms with E-state index in [1.54, 1.807) is 4.57 Å².